The highest BCUT2D eigenvalue weighted by molar-refractivity contribution is 5.85. The number of halogens is 1. The van der Waals surface area contributed by atoms with Gasteiger partial charge in [0, 0.05) is 13.0 Å². The van der Waals surface area contributed by atoms with Gasteiger partial charge in [-0.15, -0.1) is 12.4 Å². The molecule has 3 rings (SSSR count). The molecule has 0 bridgehead atoms. The Hall–Kier alpha value is -2.53. The molecule has 5 heteroatoms. The first kappa shape index (κ1) is 25.7. The van der Waals surface area contributed by atoms with E-state index in [0.29, 0.717) is 13.0 Å². The van der Waals surface area contributed by atoms with Crippen LogP contribution in [0.4, 0.5) is 0 Å². The van der Waals surface area contributed by atoms with E-state index >= 15 is 0 Å². The second-order valence-corrected chi connectivity index (χ2v) is 7.65. The van der Waals surface area contributed by atoms with Crippen LogP contribution in [0, 0.1) is 0 Å². The van der Waals surface area contributed by atoms with Crippen molar-refractivity contribution in [1.82, 2.24) is 4.90 Å². The molecule has 0 amide bonds. The molecule has 0 aliphatic heterocycles. The van der Waals surface area contributed by atoms with E-state index in [1.807, 2.05) is 78.9 Å². The normalized spacial score (nSPS) is 12.7. The molecule has 0 saturated carbocycles. The molecule has 0 spiro atoms. The van der Waals surface area contributed by atoms with Crippen molar-refractivity contribution in [2.45, 2.75) is 25.9 Å². The minimum atomic E-state index is -1.14. The maximum atomic E-state index is 11.9. The van der Waals surface area contributed by atoms with Gasteiger partial charge in [0.25, 0.3) is 0 Å². The maximum absolute atomic E-state index is 11.9. The summed E-state index contributed by atoms with van der Waals surface area (Å²) < 4.78 is 11.2. The molecule has 32 heavy (non-hydrogen) atoms. The van der Waals surface area contributed by atoms with Crippen molar-refractivity contribution in [3.05, 3.63) is 95.6 Å². The van der Waals surface area contributed by atoms with E-state index in [1.54, 1.807) is 7.11 Å². The summed E-state index contributed by atoms with van der Waals surface area (Å²) in [5.74, 6) is 1.62. The van der Waals surface area contributed by atoms with Crippen molar-refractivity contribution in [3.8, 4) is 11.5 Å². The van der Waals surface area contributed by atoms with Crippen molar-refractivity contribution in [1.29, 1.82) is 0 Å². The van der Waals surface area contributed by atoms with Crippen LogP contribution in [0.5, 0.6) is 11.5 Å². The molecular weight excluding hydrogens is 422 g/mol. The highest BCUT2D eigenvalue weighted by Crippen LogP contribution is 2.34. The van der Waals surface area contributed by atoms with Crippen molar-refractivity contribution in [2.75, 3.05) is 33.4 Å². The van der Waals surface area contributed by atoms with Gasteiger partial charge in [0.2, 0.25) is 0 Å². The summed E-state index contributed by atoms with van der Waals surface area (Å²) in [6, 6.07) is 25.5. The lowest BCUT2D eigenvalue weighted by Crippen LogP contribution is -2.30. The standard InChI is InChI=1S/C27H33NO3.ClH/c1-4-28(5-2)19-20-31-26-17-13-24(14-18-26)27(29,23-9-7-6-8-10-23)21-22-11-15-25(30-3)16-12-22;/h6-18,29H,4-5,19-21H2,1-3H3;1H. The predicted octanol–water partition coefficient (Wildman–Crippen LogP) is 5.32. The quantitative estimate of drug-likeness (QED) is 0.425. The first-order valence-corrected chi connectivity index (χ1v) is 11.0. The third-order valence-corrected chi connectivity index (χ3v) is 5.77. The number of ether oxygens (including phenoxy) is 2. The van der Waals surface area contributed by atoms with Gasteiger partial charge in [-0.05, 0) is 54.0 Å². The molecule has 3 aromatic rings. The Morgan fingerprint density at radius 3 is 1.91 bits per heavy atom. The topological polar surface area (TPSA) is 41.9 Å². The Kier molecular flexibility index (Phi) is 10.0. The Morgan fingerprint density at radius 1 is 0.781 bits per heavy atom. The van der Waals surface area contributed by atoms with Crippen LogP contribution in [-0.4, -0.2) is 43.4 Å². The van der Waals surface area contributed by atoms with Gasteiger partial charge >= 0.3 is 0 Å². The summed E-state index contributed by atoms with van der Waals surface area (Å²) in [7, 11) is 1.65. The molecule has 0 fully saturated rings. The van der Waals surface area contributed by atoms with Crippen LogP contribution in [0.3, 0.4) is 0 Å². The van der Waals surface area contributed by atoms with Gasteiger partial charge in [-0.25, -0.2) is 0 Å². The number of nitrogens with zero attached hydrogens (tertiary/aromatic N) is 1. The van der Waals surface area contributed by atoms with E-state index in [2.05, 4.69) is 18.7 Å². The molecule has 3 aromatic carbocycles. The highest BCUT2D eigenvalue weighted by atomic mass is 35.5. The zero-order chi connectivity index (χ0) is 22.1. The monoisotopic (exact) mass is 455 g/mol. The van der Waals surface area contributed by atoms with Gasteiger partial charge in [-0.1, -0.05) is 68.4 Å². The van der Waals surface area contributed by atoms with E-state index in [-0.39, 0.29) is 12.4 Å². The molecule has 0 heterocycles. The molecule has 1 N–H and O–H groups in total. The molecule has 0 aliphatic carbocycles. The van der Waals surface area contributed by atoms with Gasteiger partial charge in [-0.3, -0.25) is 0 Å². The lowest BCUT2D eigenvalue weighted by molar-refractivity contribution is 0.0810. The number of benzene rings is 3. The minimum Gasteiger partial charge on any atom is -0.497 e. The first-order valence-electron chi connectivity index (χ1n) is 11.0. The third-order valence-electron chi connectivity index (χ3n) is 5.77. The number of rotatable bonds is 11. The summed E-state index contributed by atoms with van der Waals surface area (Å²) in [6.45, 7) is 7.91. The fourth-order valence-corrected chi connectivity index (χ4v) is 3.78. The van der Waals surface area contributed by atoms with Crippen molar-refractivity contribution in [2.24, 2.45) is 0 Å². The fourth-order valence-electron chi connectivity index (χ4n) is 3.78. The molecule has 1 atom stereocenters. The van der Waals surface area contributed by atoms with E-state index in [9.17, 15) is 5.11 Å². The molecule has 0 radical (unpaired) electrons. The maximum Gasteiger partial charge on any atom is 0.119 e. The van der Waals surface area contributed by atoms with Gasteiger partial charge < -0.3 is 19.5 Å². The largest absolute Gasteiger partial charge is 0.497 e. The molecule has 0 aliphatic rings. The fraction of sp³-hybridized carbons (Fsp3) is 0.333. The predicted molar refractivity (Wildman–Crippen MR) is 133 cm³/mol. The van der Waals surface area contributed by atoms with E-state index in [4.69, 9.17) is 9.47 Å². The van der Waals surface area contributed by atoms with Crippen LogP contribution < -0.4 is 9.47 Å². The number of hydrogen-bond acceptors (Lipinski definition) is 4. The molecule has 172 valence electrons. The first-order chi connectivity index (χ1) is 15.1. The second kappa shape index (κ2) is 12.5. The van der Waals surface area contributed by atoms with E-state index < -0.39 is 5.60 Å². The van der Waals surface area contributed by atoms with Crippen LogP contribution >= 0.6 is 12.4 Å². The SMILES string of the molecule is CCN(CC)CCOc1ccc(C(O)(Cc2ccc(OC)cc2)c2ccccc2)cc1.Cl. The lowest BCUT2D eigenvalue weighted by atomic mass is 9.81. The van der Waals surface area contributed by atoms with Crippen LogP contribution in [0.1, 0.15) is 30.5 Å². The van der Waals surface area contributed by atoms with Crippen LogP contribution in [0.2, 0.25) is 0 Å². The molecular formula is C27H34ClNO3. The number of hydrogen-bond donors (Lipinski definition) is 1. The zero-order valence-corrected chi connectivity index (χ0v) is 20.0. The van der Waals surface area contributed by atoms with Crippen molar-refractivity contribution < 1.29 is 14.6 Å². The summed E-state index contributed by atoms with van der Waals surface area (Å²) >= 11 is 0. The average molecular weight is 456 g/mol. The van der Waals surface area contributed by atoms with Crippen molar-refractivity contribution >= 4 is 12.4 Å². The van der Waals surface area contributed by atoms with Crippen molar-refractivity contribution in [3.63, 3.8) is 0 Å². The zero-order valence-electron chi connectivity index (χ0n) is 19.2. The van der Waals surface area contributed by atoms with Gasteiger partial charge in [0.05, 0.1) is 7.11 Å². The smallest absolute Gasteiger partial charge is 0.119 e. The molecule has 0 saturated heterocycles. The number of aliphatic hydroxyl groups is 1. The van der Waals surface area contributed by atoms with E-state index in [0.717, 1.165) is 47.8 Å². The second-order valence-electron chi connectivity index (χ2n) is 7.65. The summed E-state index contributed by atoms with van der Waals surface area (Å²) in [4.78, 5) is 2.33. The van der Waals surface area contributed by atoms with Crippen LogP contribution in [-0.2, 0) is 12.0 Å². The molecule has 1 unspecified atom stereocenters. The Labute approximate surface area is 198 Å². The minimum absolute atomic E-state index is 0. The number of likely N-dealkylation sites (N-methyl/N-ethyl adjacent to an activating group) is 1. The Bertz CT molecular complexity index is 912. The van der Waals surface area contributed by atoms with E-state index in [1.165, 1.54) is 0 Å². The summed E-state index contributed by atoms with van der Waals surface area (Å²) in [5, 5.41) is 11.9. The summed E-state index contributed by atoms with van der Waals surface area (Å²) in [5.41, 5.74) is 1.59. The Morgan fingerprint density at radius 2 is 1.34 bits per heavy atom. The summed E-state index contributed by atoms with van der Waals surface area (Å²) in [6.07, 6.45) is 0.461. The lowest BCUT2D eigenvalue weighted by Gasteiger charge is -2.30. The third kappa shape index (κ3) is 6.49. The van der Waals surface area contributed by atoms with Crippen LogP contribution in [0.15, 0.2) is 78.9 Å². The average Bonchev–Trinajstić information content (AvgIpc) is 2.83. The van der Waals surface area contributed by atoms with Gasteiger partial charge in [0.15, 0.2) is 0 Å². The van der Waals surface area contributed by atoms with Gasteiger partial charge in [-0.2, -0.15) is 0 Å². The molecule has 0 aromatic heterocycles. The van der Waals surface area contributed by atoms with Gasteiger partial charge in [0.1, 0.15) is 23.7 Å². The van der Waals surface area contributed by atoms with Crippen LogP contribution in [0.25, 0.3) is 0 Å². The molecule has 4 nitrogen and oxygen atoms in total. The highest BCUT2D eigenvalue weighted by Gasteiger charge is 2.31. The Balaban J connectivity index is 0.00000363. The number of methoxy groups -OCH3 is 1.